The van der Waals surface area contributed by atoms with Crippen LogP contribution in [0.15, 0.2) is 16.8 Å². The number of nitrogens with zero attached hydrogens (tertiary/aromatic N) is 1. The fourth-order valence-corrected chi connectivity index (χ4v) is 0.238. The predicted molar refractivity (Wildman–Crippen MR) is 35.7 cm³/mol. The summed E-state index contributed by atoms with van der Waals surface area (Å²) >= 11 is 0. The first-order valence-corrected chi connectivity index (χ1v) is 2.38. The molecule has 0 atom stereocenters. The van der Waals surface area contributed by atoms with Crippen molar-refractivity contribution in [1.29, 1.82) is 0 Å². The van der Waals surface area contributed by atoms with Crippen molar-refractivity contribution in [2.75, 3.05) is 13.6 Å². The predicted octanol–water partition coefficient (Wildman–Crippen LogP) is -0.512. The minimum Gasteiger partial charge on any atom is -0.401 e. The largest absolute Gasteiger partial charge is 0.401 e. The highest BCUT2D eigenvalue weighted by molar-refractivity contribution is 5.71. The van der Waals surface area contributed by atoms with Crippen LogP contribution in [0.2, 0.25) is 0 Å². The first kappa shape index (κ1) is 7.17. The van der Waals surface area contributed by atoms with Gasteiger partial charge in [0.15, 0.2) is 0 Å². The van der Waals surface area contributed by atoms with Gasteiger partial charge < -0.3 is 11.5 Å². The normalized spacial score (nSPS) is 13.0. The third-order valence-corrected chi connectivity index (χ3v) is 0.673. The Bertz CT molecular complexity index is 104. The highest BCUT2D eigenvalue weighted by Gasteiger charge is 1.76. The Labute approximate surface area is 49.1 Å². The molecule has 46 valence electrons. The summed E-state index contributed by atoms with van der Waals surface area (Å²) in [6.07, 6.45) is 3.29. The lowest BCUT2D eigenvalue weighted by Crippen LogP contribution is -2.10. The quantitative estimate of drug-likeness (QED) is 0.474. The molecular weight excluding hydrogens is 102 g/mol. The van der Waals surface area contributed by atoms with Crippen molar-refractivity contribution in [3.05, 3.63) is 11.8 Å². The molecule has 3 heteroatoms. The van der Waals surface area contributed by atoms with E-state index in [0.29, 0.717) is 12.2 Å². The molecular formula is C5H11N3. The topological polar surface area (TPSA) is 64.4 Å². The van der Waals surface area contributed by atoms with Gasteiger partial charge in [-0.2, -0.15) is 0 Å². The van der Waals surface area contributed by atoms with Crippen LogP contribution in [0.25, 0.3) is 0 Å². The third kappa shape index (κ3) is 3.36. The fourth-order valence-electron chi connectivity index (χ4n) is 0.238. The Morgan fingerprint density at radius 2 is 2.38 bits per heavy atom. The van der Waals surface area contributed by atoms with Crippen molar-refractivity contribution in [2.45, 2.75) is 0 Å². The zero-order valence-corrected chi connectivity index (χ0v) is 4.96. The zero-order valence-electron chi connectivity index (χ0n) is 4.96. The van der Waals surface area contributed by atoms with Crippen molar-refractivity contribution in [2.24, 2.45) is 16.5 Å². The SMILES string of the molecule is CN=C/C=C(\N)CN. The first-order chi connectivity index (χ1) is 3.81. The van der Waals surface area contributed by atoms with Crippen LogP contribution >= 0.6 is 0 Å². The number of aliphatic imine (C=N–C) groups is 1. The van der Waals surface area contributed by atoms with Crippen LogP contribution in [0.5, 0.6) is 0 Å². The molecule has 0 aromatic rings. The highest BCUT2D eigenvalue weighted by Crippen LogP contribution is 1.72. The Hall–Kier alpha value is -0.830. The maximum Gasteiger partial charge on any atom is 0.0327 e. The van der Waals surface area contributed by atoms with E-state index in [0.717, 1.165) is 0 Å². The molecule has 0 bridgehead atoms. The van der Waals surface area contributed by atoms with Gasteiger partial charge in [0.1, 0.15) is 0 Å². The summed E-state index contributed by atoms with van der Waals surface area (Å²) < 4.78 is 0. The van der Waals surface area contributed by atoms with E-state index < -0.39 is 0 Å². The molecule has 0 aliphatic carbocycles. The standard InChI is InChI=1S/C5H11N3/c1-8-3-2-5(7)4-6/h2-3H,4,6-7H2,1H3/b5-2-,8-3?. The van der Waals surface area contributed by atoms with Gasteiger partial charge in [-0.25, -0.2) is 0 Å². The average Bonchev–Trinajstić information content (AvgIpc) is 1.83. The lowest BCUT2D eigenvalue weighted by atomic mass is 10.4. The van der Waals surface area contributed by atoms with Crippen LogP contribution in [0.3, 0.4) is 0 Å². The molecule has 0 aliphatic rings. The monoisotopic (exact) mass is 113 g/mol. The number of allylic oxidation sites excluding steroid dienone is 1. The molecule has 0 aromatic heterocycles. The molecule has 0 saturated carbocycles. The molecule has 0 unspecified atom stereocenters. The van der Waals surface area contributed by atoms with Crippen LogP contribution < -0.4 is 11.5 Å². The maximum atomic E-state index is 5.30. The summed E-state index contributed by atoms with van der Waals surface area (Å²) in [6, 6.07) is 0. The van der Waals surface area contributed by atoms with E-state index in [9.17, 15) is 0 Å². The molecule has 0 rings (SSSR count). The van der Waals surface area contributed by atoms with Gasteiger partial charge in [0.25, 0.3) is 0 Å². The molecule has 0 fully saturated rings. The molecule has 0 heterocycles. The van der Waals surface area contributed by atoms with Crippen molar-refractivity contribution < 1.29 is 0 Å². The average molecular weight is 113 g/mol. The molecule has 3 nitrogen and oxygen atoms in total. The molecule has 4 N–H and O–H groups in total. The van der Waals surface area contributed by atoms with E-state index in [1.54, 1.807) is 19.3 Å². The Balaban J connectivity index is 3.57. The lowest BCUT2D eigenvalue weighted by molar-refractivity contribution is 1.11. The summed E-state index contributed by atoms with van der Waals surface area (Å²) in [5.74, 6) is 0. The van der Waals surface area contributed by atoms with Gasteiger partial charge in [-0.1, -0.05) is 0 Å². The van der Waals surface area contributed by atoms with Crippen molar-refractivity contribution in [3.63, 3.8) is 0 Å². The number of hydrogen-bond donors (Lipinski definition) is 2. The maximum absolute atomic E-state index is 5.30. The zero-order chi connectivity index (χ0) is 6.41. The summed E-state index contributed by atoms with van der Waals surface area (Å²) in [4.78, 5) is 3.69. The minimum absolute atomic E-state index is 0.395. The number of rotatable bonds is 2. The van der Waals surface area contributed by atoms with E-state index in [1.165, 1.54) is 0 Å². The van der Waals surface area contributed by atoms with Gasteiger partial charge in [0, 0.05) is 25.5 Å². The fraction of sp³-hybridized carbons (Fsp3) is 0.400. The van der Waals surface area contributed by atoms with Crippen LogP contribution in [-0.2, 0) is 0 Å². The Morgan fingerprint density at radius 3 is 2.75 bits per heavy atom. The highest BCUT2D eigenvalue weighted by atomic mass is 14.7. The van der Waals surface area contributed by atoms with E-state index >= 15 is 0 Å². The third-order valence-electron chi connectivity index (χ3n) is 0.673. The number of hydrogen-bond acceptors (Lipinski definition) is 3. The van der Waals surface area contributed by atoms with Crippen molar-refractivity contribution >= 4 is 6.21 Å². The molecule has 8 heavy (non-hydrogen) atoms. The Kier molecular flexibility index (Phi) is 3.88. The van der Waals surface area contributed by atoms with Gasteiger partial charge in [-0.15, -0.1) is 0 Å². The van der Waals surface area contributed by atoms with E-state index in [-0.39, 0.29) is 0 Å². The van der Waals surface area contributed by atoms with Crippen LogP contribution in [0, 0.1) is 0 Å². The van der Waals surface area contributed by atoms with Gasteiger partial charge in [0.2, 0.25) is 0 Å². The summed E-state index contributed by atoms with van der Waals surface area (Å²) in [7, 11) is 1.68. The summed E-state index contributed by atoms with van der Waals surface area (Å²) in [6.45, 7) is 0.395. The second-order valence-corrected chi connectivity index (χ2v) is 1.35. The van der Waals surface area contributed by atoms with Crippen LogP contribution in [0.4, 0.5) is 0 Å². The second-order valence-electron chi connectivity index (χ2n) is 1.35. The van der Waals surface area contributed by atoms with Gasteiger partial charge in [0.05, 0.1) is 0 Å². The number of nitrogens with two attached hydrogens (primary N) is 2. The molecule has 0 spiro atoms. The van der Waals surface area contributed by atoms with Crippen molar-refractivity contribution in [1.82, 2.24) is 0 Å². The van der Waals surface area contributed by atoms with Gasteiger partial charge in [-0.05, 0) is 6.08 Å². The molecule has 0 amide bonds. The van der Waals surface area contributed by atoms with E-state index in [2.05, 4.69) is 4.99 Å². The lowest BCUT2D eigenvalue weighted by Gasteiger charge is -1.88. The van der Waals surface area contributed by atoms with Crippen LogP contribution in [0.1, 0.15) is 0 Å². The van der Waals surface area contributed by atoms with E-state index in [1.807, 2.05) is 0 Å². The smallest absolute Gasteiger partial charge is 0.0327 e. The van der Waals surface area contributed by atoms with E-state index in [4.69, 9.17) is 11.5 Å². The second kappa shape index (κ2) is 4.33. The minimum atomic E-state index is 0.395. The first-order valence-electron chi connectivity index (χ1n) is 2.38. The van der Waals surface area contributed by atoms with Gasteiger partial charge >= 0.3 is 0 Å². The molecule has 0 aliphatic heterocycles. The van der Waals surface area contributed by atoms with Crippen molar-refractivity contribution in [3.8, 4) is 0 Å². The summed E-state index contributed by atoms with van der Waals surface area (Å²) in [5.41, 5.74) is 11.1. The molecule has 0 aromatic carbocycles. The Morgan fingerprint density at radius 1 is 1.75 bits per heavy atom. The molecule has 0 saturated heterocycles. The van der Waals surface area contributed by atoms with Gasteiger partial charge in [-0.3, -0.25) is 4.99 Å². The molecule has 0 radical (unpaired) electrons. The van der Waals surface area contributed by atoms with Crippen LogP contribution in [-0.4, -0.2) is 19.8 Å². The summed E-state index contributed by atoms with van der Waals surface area (Å²) in [5, 5.41) is 0.